The van der Waals surface area contributed by atoms with Gasteiger partial charge in [-0.05, 0) is 23.8 Å². The maximum Gasteiger partial charge on any atom is 0.225 e. The minimum absolute atomic E-state index is 0. The monoisotopic (exact) mass is 336 g/mol. The highest BCUT2D eigenvalue weighted by Crippen LogP contribution is 2.27. The first-order chi connectivity index (χ1) is 10.8. The maximum atomic E-state index is 9.64. The van der Waals surface area contributed by atoms with Gasteiger partial charge in [-0.1, -0.05) is 6.07 Å². The molecule has 1 aromatic heterocycles. The third kappa shape index (κ3) is 4.24. The second-order valence-electron chi connectivity index (χ2n) is 5.32. The zero-order valence-corrected chi connectivity index (χ0v) is 13.9. The zero-order chi connectivity index (χ0) is 15.4. The maximum absolute atomic E-state index is 9.64. The van der Waals surface area contributed by atoms with Crippen LogP contribution >= 0.6 is 12.4 Å². The third-order valence-corrected chi connectivity index (χ3v) is 3.86. The van der Waals surface area contributed by atoms with Crippen molar-refractivity contribution in [2.75, 3.05) is 38.2 Å². The van der Waals surface area contributed by atoms with E-state index in [-0.39, 0.29) is 18.2 Å². The van der Waals surface area contributed by atoms with Crippen LogP contribution in [0.1, 0.15) is 5.56 Å². The number of aromatic hydroxyl groups is 1. The zero-order valence-electron chi connectivity index (χ0n) is 13.1. The molecule has 2 aromatic rings. The molecule has 1 aliphatic rings. The SMILES string of the molecule is COc1cc(CN2CCN(c3ncccn3)CC2)ccc1O.Cl. The second-order valence-corrected chi connectivity index (χ2v) is 5.32. The van der Waals surface area contributed by atoms with Gasteiger partial charge in [0.25, 0.3) is 0 Å². The number of hydrogen-bond acceptors (Lipinski definition) is 6. The van der Waals surface area contributed by atoms with E-state index in [1.165, 1.54) is 0 Å². The average Bonchev–Trinajstić information content (AvgIpc) is 2.58. The highest BCUT2D eigenvalue weighted by atomic mass is 35.5. The van der Waals surface area contributed by atoms with E-state index in [9.17, 15) is 5.11 Å². The topological polar surface area (TPSA) is 61.7 Å². The first-order valence-electron chi connectivity index (χ1n) is 7.36. The van der Waals surface area contributed by atoms with Crippen molar-refractivity contribution in [3.8, 4) is 11.5 Å². The molecule has 1 aliphatic heterocycles. The number of benzene rings is 1. The van der Waals surface area contributed by atoms with Crippen LogP contribution in [0.4, 0.5) is 5.95 Å². The summed E-state index contributed by atoms with van der Waals surface area (Å²) >= 11 is 0. The summed E-state index contributed by atoms with van der Waals surface area (Å²) in [5.41, 5.74) is 1.14. The van der Waals surface area contributed by atoms with Gasteiger partial charge in [0, 0.05) is 45.1 Å². The number of rotatable bonds is 4. The van der Waals surface area contributed by atoms with Crippen LogP contribution in [0.25, 0.3) is 0 Å². The third-order valence-electron chi connectivity index (χ3n) is 3.86. The number of ether oxygens (including phenoxy) is 1. The number of phenols is 1. The van der Waals surface area contributed by atoms with Crippen LogP contribution in [0.3, 0.4) is 0 Å². The number of phenolic OH excluding ortho intramolecular Hbond substituents is 1. The van der Waals surface area contributed by atoms with Crippen LogP contribution in [0, 0.1) is 0 Å². The molecule has 124 valence electrons. The molecule has 2 heterocycles. The van der Waals surface area contributed by atoms with Crippen molar-refractivity contribution in [3.05, 3.63) is 42.2 Å². The number of piperazine rings is 1. The van der Waals surface area contributed by atoms with Gasteiger partial charge >= 0.3 is 0 Å². The first kappa shape index (κ1) is 17.3. The van der Waals surface area contributed by atoms with Crippen molar-refractivity contribution in [3.63, 3.8) is 0 Å². The van der Waals surface area contributed by atoms with Gasteiger partial charge in [-0.3, -0.25) is 4.90 Å². The minimum atomic E-state index is 0. The summed E-state index contributed by atoms with van der Waals surface area (Å²) in [4.78, 5) is 13.2. The Kier molecular flexibility index (Phi) is 6.01. The molecule has 0 bridgehead atoms. The van der Waals surface area contributed by atoms with Crippen molar-refractivity contribution >= 4 is 18.4 Å². The lowest BCUT2D eigenvalue weighted by Gasteiger charge is -2.34. The molecule has 0 aliphatic carbocycles. The van der Waals surface area contributed by atoms with Crippen molar-refractivity contribution in [2.24, 2.45) is 0 Å². The Labute approximate surface area is 142 Å². The second kappa shape index (κ2) is 7.99. The summed E-state index contributed by atoms with van der Waals surface area (Å²) in [6.45, 7) is 4.60. The molecule has 1 saturated heterocycles. The minimum Gasteiger partial charge on any atom is -0.504 e. The summed E-state index contributed by atoms with van der Waals surface area (Å²) in [7, 11) is 1.57. The Hall–Kier alpha value is -2.05. The van der Waals surface area contributed by atoms with Gasteiger partial charge in [0.1, 0.15) is 0 Å². The number of methoxy groups -OCH3 is 1. The lowest BCUT2D eigenvalue weighted by molar-refractivity contribution is 0.248. The van der Waals surface area contributed by atoms with E-state index in [4.69, 9.17) is 4.74 Å². The van der Waals surface area contributed by atoms with Gasteiger partial charge in [0.05, 0.1) is 7.11 Å². The first-order valence-corrected chi connectivity index (χ1v) is 7.36. The van der Waals surface area contributed by atoms with E-state index < -0.39 is 0 Å². The van der Waals surface area contributed by atoms with Crippen molar-refractivity contribution in [1.29, 1.82) is 0 Å². The fourth-order valence-electron chi connectivity index (χ4n) is 2.64. The molecule has 0 spiro atoms. The van der Waals surface area contributed by atoms with Crippen LogP contribution in [0.2, 0.25) is 0 Å². The van der Waals surface area contributed by atoms with E-state index >= 15 is 0 Å². The number of halogens is 1. The quantitative estimate of drug-likeness (QED) is 0.920. The van der Waals surface area contributed by atoms with Gasteiger partial charge in [0.15, 0.2) is 11.5 Å². The molecule has 0 amide bonds. The molecule has 0 atom stereocenters. The predicted octanol–water partition coefficient (Wildman–Crippen LogP) is 1.93. The van der Waals surface area contributed by atoms with E-state index in [2.05, 4.69) is 19.8 Å². The Morgan fingerprint density at radius 2 is 1.83 bits per heavy atom. The van der Waals surface area contributed by atoms with Crippen LogP contribution in [-0.4, -0.2) is 53.3 Å². The van der Waals surface area contributed by atoms with Crippen molar-refractivity contribution < 1.29 is 9.84 Å². The summed E-state index contributed by atoms with van der Waals surface area (Å²) in [5, 5.41) is 9.64. The number of aromatic nitrogens is 2. The number of anilines is 1. The Bertz CT molecular complexity index is 619. The molecule has 1 aromatic carbocycles. The summed E-state index contributed by atoms with van der Waals surface area (Å²) < 4.78 is 5.16. The molecule has 1 fully saturated rings. The van der Waals surface area contributed by atoms with Crippen LogP contribution in [0.5, 0.6) is 11.5 Å². The average molecular weight is 337 g/mol. The Balaban J connectivity index is 0.00000192. The van der Waals surface area contributed by atoms with Crippen LogP contribution in [0.15, 0.2) is 36.7 Å². The van der Waals surface area contributed by atoms with Crippen molar-refractivity contribution in [2.45, 2.75) is 6.54 Å². The van der Waals surface area contributed by atoms with Gasteiger partial charge in [0.2, 0.25) is 5.95 Å². The molecule has 23 heavy (non-hydrogen) atoms. The smallest absolute Gasteiger partial charge is 0.225 e. The van der Waals surface area contributed by atoms with E-state index in [0.717, 1.165) is 44.2 Å². The molecule has 1 N–H and O–H groups in total. The lowest BCUT2D eigenvalue weighted by atomic mass is 10.1. The molecule has 0 saturated carbocycles. The lowest BCUT2D eigenvalue weighted by Crippen LogP contribution is -2.46. The molecular formula is C16H21ClN4O2. The van der Waals surface area contributed by atoms with E-state index in [1.54, 1.807) is 25.6 Å². The summed E-state index contributed by atoms with van der Waals surface area (Å²) in [5.74, 6) is 1.50. The van der Waals surface area contributed by atoms with Gasteiger partial charge < -0.3 is 14.7 Å². The predicted molar refractivity (Wildman–Crippen MR) is 91.4 cm³/mol. The van der Waals surface area contributed by atoms with E-state index in [1.807, 2.05) is 18.2 Å². The number of nitrogens with zero attached hydrogens (tertiary/aromatic N) is 4. The Morgan fingerprint density at radius 3 is 2.48 bits per heavy atom. The normalized spacial score (nSPS) is 15.1. The molecule has 6 nitrogen and oxygen atoms in total. The highest BCUT2D eigenvalue weighted by molar-refractivity contribution is 5.85. The Morgan fingerprint density at radius 1 is 1.13 bits per heavy atom. The standard InChI is InChI=1S/C16H20N4O2.ClH/c1-22-15-11-13(3-4-14(15)21)12-19-7-9-20(10-8-19)16-17-5-2-6-18-16;/h2-6,11,21H,7-10,12H2,1H3;1H. The van der Waals surface area contributed by atoms with E-state index in [0.29, 0.717) is 5.75 Å². The fourth-order valence-corrected chi connectivity index (χ4v) is 2.64. The largest absolute Gasteiger partial charge is 0.504 e. The number of hydrogen-bond donors (Lipinski definition) is 1. The highest BCUT2D eigenvalue weighted by Gasteiger charge is 2.19. The van der Waals surface area contributed by atoms with Crippen LogP contribution in [-0.2, 0) is 6.54 Å². The van der Waals surface area contributed by atoms with Gasteiger partial charge in [-0.15, -0.1) is 12.4 Å². The summed E-state index contributed by atoms with van der Waals surface area (Å²) in [6, 6.07) is 7.34. The van der Waals surface area contributed by atoms with Crippen molar-refractivity contribution in [1.82, 2.24) is 14.9 Å². The molecule has 3 rings (SSSR count). The molecule has 7 heteroatoms. The molecule has 0 unspecified atom stereocenters. The summed E-state index contributed by atoms with van der Waals surface area (Å²) in [6.07, 6.45) is 3.55. The van der Waals surface area contributed by atoms with Crippen LogP contribution < -0.4 is 9.64 Å². The molecule has 0 radical (unpaired) electrons. The molecular weight excluding hydrogens is 316 g/mol. The fraction of sp³-hybridized carbons (Fsp3) is 0.375. The van der Waals surface area contributed by atoms with Gasteiger partial charge in [-0.2, -0.15) is 0 Å². The van der Waals surface area contributed by atoms with Gasteiger partial charge in [-0.25, -0.2) is 9.97 Å².